The van der Waals surface area contributed by atoms with Gasteiger partial charge in [-0.2, -0.15) is 45.5 Å². The molecule has 0 atom stereocenters. The summed E-state index contributed by atoms with van der Waals surface area (Å²) in [6.07, 6.45) is 0. The Hall–Kier alpha value is -1.02. The first-order valence-corrected chi connectivity index (χ1v) is 9.13. The average molecular weight is 590 g/mol. The van der Waals surface area contributed by atoms with Gasteiger partial charge in [-0.15, -0.1) is 0 Å². The summed E-state index contributed by atoms with van der Waals surface area (Å²) in [5.74, 6) is 0. The average Bonchev–Trinajstić information content (AvgIpc) is 3.19. The minimum absolute atomic E-state index is 0. The molecule has 0 saturated carbocycles. The van der Waals surface area contributed by atoms with Gasteiger partial charge in [0.15, 0.2) is 0 Å². The van der Waals surface area contributed by atoms with Crippen LogP contribution in [0.15, 0.2) is 84.9 Å². The maximum absolute atomic E-state index is 2.24. The van der Waals surface area contributed by atoms with E-state index in [1.807, 2.05) is 12.1 Å². The zero-order chi connectivity index (χ0) is 18.5. The van der Waals surface area contributed by atoms with E-state index in [0.29, 0.717) is 0 Å². The van der Waals surface area contributed by atoms with Crippen molar-refractivity contribution >= 4 is 0 Å². The van der Waals surface area contributed by atoms with Gasteiger partial charge in [0.1, 0.15) is 0 Å². The molecule has 3 heteroatoms. The van der Waals surface area contributed by atoms with E-state index in [1.54, 1.807) is 0 Å². The fourth-order valence-electron chi connectivity index (χ4n) is 3.07. The van der Waals surface area contributed by atoms with Gasteiger partial charge in [0, 0.05) is 0 Å². The van der Waals surface area contributed by atoms with E-state index in [1.165, 1.54) is 44.5 Å². The second kappa shape index (κ2) is 13.3. The molecule has 0 bridgehead atoms. The summed E-state index contributed by atoms with van der Waals surface area (Å²) in [5.41, 5.74) is 10.8. The van der Waals surface area contributed by atoms with Crippen molar-refractivity contribution < 1.29 is 60.2 Å². The van der Waals surface area contributed by atoms with E-state index in [9.17, 15) is 0 Å². The molecule has 4 aromatic carbocycles. The summed E-state index contributed by atoms with van der Waals surface area (Å²) in [6, 6.07) is 30.0. The minimum atomic E-state index is 0. The molecule has 0 aromatic heterocycles. The first kappa shape index (κ1) is 28.0. The Kier molecular flexibility index (Phi) is 12.9. The molecule has 4 aromatic rings. The van der Waals surface area contributed by atoms with Gasteiger partial charge in [-0.3, -0.25) is 0 Å². The molecular weight excluding hydrogens is 563 g/mol. The number of aryl methyl sites for hydroxylation is 4. The number of halogens is 2. The summed E-state index contributed by atoms with van der Waals surface area (Å²) in [4.78, 5) is 0. The van der Waals surface area contributed by atoms with Crippen molar-refractivity contribution in [3.63, 3.8) is 0 Å². The Morgan fingerprint density at radius 1 is 0.517 bits per heavy atom. The second-order valence-corrected chi connectivity index (χ2v) is 6.95. The maximum Gasteiger partial charge on any atom is 4.00 e. The Labute approximate surface area is 215 Å². The predicted octanol–water partition coefficient (Wildman–Crippen LogP) is 1.38. The standard InChI is InChI=1S/2C13H13.2BrH.Zr/c2*1-10-8-13(9-11(10)2)12-6-4-3-5-7-12;;;/h2*3-9H,1-2H3;2*1H;/q2*-1;;;+4/p-2. The van der Waals surface area contributed by atoms with Crippen LogP contribution in [0.2, 0.25) is 0 Å². The maximum atomic E-state index is 2.24. The molecule has 4 rings (SSSR count). The molecule has 29 heavy (non-hydrogen) atoms. The smallest absolute Gasteiger partial charge is 1.00 e. The zero-order valence-corrected chi connectivity index (χ0v) is 23.0. The van der Waals surface area contributed by atoms with E-state index >= 15 is 0 Å². The SMILES string of the molecule is Cc1cc(-c2ccccc2)c[c-]1C.Cc1cc(-c2ccccc2)c[c-]1C.[Br-].[Br-].[Zr+4]. The largest absolute Gasteiger partial charge is 4.00 e. The number of rotatable bonds is 2. The van der Waals surface area contributed by atoms with Gasteiger partial charge >= 0.3 is 26.2 Å². The molecule has 0 unspecified atom stereocenters. The van der Waals surface area contributed by atoms with E-state index in [4.69, 9.17) is 0 Å². The van der Waals surface area contributed by atoms with Crippen LogP contribution >= 0.6 is 0 Å². The Bertz CT molecular complexity index is 846. The number of hydrogen-bond donors (Lipinski definition) is 0. The third-order valence-corrected chi connectivity index (χ3v) is 4.95. The first-order chi connectivity index (χ1) is 12.5. The van der Waals surface area contributed by atoms with E-state index in [0.717, 1.165) is 0 Å². The molecule has 0 nitrogen and oxygen atoms in total. The summed E-state index contributed by atoms with van der Waals surface area (Å²) in [6.45, 7) is 8.62. The first-order valence-electron chi connectivity index (χ1n) is 9.13. The van der Waals surface area contributed by atoms with Crippen LogP contribution < -0.4 is 34.0 Å². The Balaban J connectivity index is 0.000000490. The zero-order valence-electron chi connectivity index (χ0n) is 17.3. The van der Waals surface area contributed by atoms with Crippen molar-refractivity contribution in [1.29, 1.82) is 0 Å². The molecule has 0 heterocycles. The van der Waals surface area contributed by atoms with E-state index in [-0.39, 0.29) is 60.2 Å². The third kappa shape index (κ3) is 7.63. The van der Waals surface area contributed by atoms with Gasteiger partial charge in [-0.05, 0) is 0 Å². The van der Waals surface area contributed by atoms with Crippen molar-refractivity contribution in [2.45, 2.75) is 27.7 Å². The molecule has 148 valence electrons. The molecule has 0 aliphatic rings. The van der Waals surface area contributed by atoms with Crippen LogP contribution in [-0.4, -0.2) is 0 Å². The van der Waals surface area contributed by atoms with Crippen LogP contribution in [0, 0.1) is 27.7 Å². The molecule has 0 spiro atoms. The van der Waals surface area contributed by atoms with Crippen LogP contribution in [-0.2, 0) is 26.2 Å². The van der Waals surface area contributed by atoms with Gasteiger partial charge < -0.3 is 34.0 Å². The molecular formula is C26H26Br2Zr. The van der Waals surface area contributed by atoms with Crippen molar-refractivity contribution in [1.82, 2.24) is 0 Å². The predicted molar refractivity (Wildman–Crippen MR) is 114 cm³/mol. The fourth-order valence-corrected chi connectivity index (χ4v) is 3.07. The quantitative estimate of drug-likeness (QED) is 0.311. The number of benzene rings is 2. The summed E-state index contributed by atoms with van der Waals surface area (Å²) in [7, 11) is 0. The van der Waals surface area contributed by atoms with E-state index < -0.39 is 0 Å². The molecule has 0 fully saturated rings. The van der Waals surface area contributed by atoms with Crippen molar-refractivity contribution in [2.24, 2.45) is 0 Å². The molecule has 0 aliphatic carbocycles. The molecule has 0 aliphatic heterocycles. The fraction of sp³-hybridized carbons (Fsp3) is 0.154. The van der Waals surface area contributed by atoms with Crippen molar-refractivity contribution in [2.75, 3.05) is 0 Å². The Morgan fingerprint density at radius 3 is 1.07 bits per heavy atom. The second-order valence-electron chi connectivity index (χ2n) is 6.95. The van der Waals surface area contributed by atoms with Crippen LogP contribution in [0.5, 0.6) is 0 Å². The van der Waals surface area contributed by atoms with Crippen LogP contribution in [0.1, 0.15) is 22.3 Å². The molecule has 0 radical (unpaired) electrons. The summed E-state index contributed by atoms with van der Waals surface area (Å²) in [5, 5.41) is 0. The van der Waals surface area contributed by atoms with Gasteiger partial charge in [0.2, 0.25) is 0 Å². The monoisotopic (exact) mass is 586 g/mol. The van der Waals surface area contributed by atoms with Crippen LogP contribution in [0.4, 0.5) is 0 Å². The minimum Gasteiger partial charge on any atom is -1.00 e. The summed E-state index contributed by atoms with van der Waals surface area (Å²) < 4.78 is 0. The van der Waals surface area contributed by atoms with Crippen LogP contribution in [0.25, 0.3) is 22.3 Å². The topological polar surface area (TPSA) is 0 Å². The number of hydrogen-bond acceptors (Lipinski definition) is 0. The third-order valence-electron chi connectivity index (χ3n) is 4.95. The van der Waals surface area contributed by atoms with Gasteiger partial charge in [-0.1, -0.05) is 99.5 Å². The van der Waals surface area contributed by atoms with Crippen LogP contribution in [0.3, 0.4) is 0 Å². The van der Waals surface area contributed by atoms with Crippen molar-refractivity contribution in [3.8, 4) is 22.3 Å². The molecule has 0 N–H and O–H groups in total. The Morgan fingerprint density at radius 2 is 0.828 bits per heavy atom. The summed E-state index contributed by atoms with van der Waals surface area (Å²) >= 11 is 0. The van der Waals surface area contributed by atoms with E-state index in [2.05, 4.69) is 100 Å². The molecule has 0 saturated heterocycles. The molecule has 0 amide bonds. The normalized spacial score (nSPS) is 9.24. The van der Waals surface area contributed by atoms with Gasteiger partial charge in [-0.25, -0.2) is 12.1 Å². The van der Waals surface area contributed by atoms with Crippen molar-refractivity contribution in [3.05, 3.63) is 107 Å². The van der Waals surface area contributed by atoms with Gasteiger partial charge in [0.05, 0.1) is 0 Å². The van der Waals surface area contributed by atoms with Gasteiger partial charge in [0.25, 0.3) is 0 Å².